The van der Waals surface area contributed by atoms with Crippen LogP contribution in [0.5, 0.6) is 0 Å². The number of alkyl halides is 1. The predicted molar refractivity (Wildman–Crippen MR) is 53.9 cm³/mol. The number of ether oxygens (including phenoxy) is 1. The molecule has 0 aromatic rings. The molecule has 0 fully saturated rings. The van der Waals surface area contributed by atoms with Crippen molar-refractivity contribution in [1.29, 1.82) is 0 Å². The van der Waals surface area contributed by atoms with Crippen molar-refractivity contribution in [2.24, 2.45) is 5.92 Å². The standard InChI is InChI=1S/C9H11BrO4/c1-14-7-2-3-9(10,13)6(4-7)5-8(11)12/h2-4,6,13H,5H2,1H3,(H,11,12). The van der Waals surface area contributed by atoms with E-state index in [0.29, 0.717) is 5.76 Å². The molecule has 0 saturated heterocycles. The third-order valence-electron chi connectivity index (χ3n) is 2.00. The van der Waals surface area contributed by atoms with Crippen molar-refractivity contribution >= 4 is 21.9 Å². The Morgan fingerprint density at radius 2 is 2.43 bits per heavy atom. The van der Waals surface area contributed by atoms with E-state index in [2.05, 4.69) is 15.9 Å². The minimum Gasteiger partial charge on any atom is -0.497 e. The molecule has 0 radical (unpaired) electrons. The van der Waals surface area contributed by atoms with Crippen molar-refractivity contribution in [3.63, 3.8) is 0 Å². The lowest BCUT2D eigenvalue weighted by Gasteiger charge is -2.28. The van der Waals surface area contributed by atoms with Crippen molar-refractivity contribution in [2.45, 2.75) is 10.9 Å². The van der Waals surface area contributed by atoms with Crippen LogP contribution >= 0.6 is 15.9 Å². The highest BCUT2D eigenvalue weighted by Crippen LogP contribution is 2.34. The largest absolute Gasteiger partial charge is 0.497 e. The quantitative estimate of drug-likeness (QED) is 0.752. The summed E-state index contributed by atoms with van der Waals surface area (Å²) >= 11 is 3.05. The number of carboxylic acid groups (broad SMARTS) is 1. The van der Waals surface area contributed by atoms with Crippen molar-refractivity contribution in [3.8, 4) is 0 Å². The highest BCUT2D eigenvalue weighted by Gasteiger charge is 2.34. The fraction of sp³-hybridized carbons (Fsp3) is 0.444. The maximum absolute atomic E-state index is 10.5. The molecule has 4 nitrogen and oxygen atoms in total. The zero-order chi connectivity index (χ0) is 10.8. The van der Waals surface area contributed by atoms with Gasteiger partial charge in [0.25, 0.3) is 0 Å². The van der Waals surface area contributed by atoms with Gasteiger partial charge in [-0.2, -0.15) is 0 Å². The number of aliphatic hydroxyl groups is 1. The lowest BCUT2D eigenvalue weighted by molar-refractivity contribution is -0.138. The van der Waals surface area contributed by atoms with Crippen molar-refractivity contribution in [1.82, 2.24) is 0 Å². The number of carboxylic acids is 1. The molecular formula is C9H11BrO4. The highest BCUT2D eigenvalue weighted by molar-refractivity contribution is 9.10. The van der Waals surface area contributed by atoms with Gasteiger partial charge in [-0.25, -0.2) is 0 Å². The molecule has 0 amide bonds. The van der Waals surface area contributed by atoms with Crippen LogP contribution in [0.3, 0.4) is 0 Å². The summed E-state index contributed by atoms with van der Waals surface area (Å²) in [6, 6.07) is 0. The molecule has 0 aliphatic heterocycles. The first-order chi connectivity index (χ1) is 6.45. The van der Waals surface area contributed by atoms with Crippen LogP contribution in [0, 0.1) is 5.92 Å². The van der Waals surface area contributed by atoms with Gasteiger partial charge in [0.15, 0.2) is 0 Å². The van der Waals surface area contributed by atoms with Crippen LogP contribution in [0.25, 0.3) is 0 Å². The number of methoxy groups -OCH3 is 1. The van der Waals surface area contributed by atoms with Crippen LogP contribution in [0.4, 0.5) is 0 Å². The summed E-state index contributed by atoms with van der Waals surface area (Å²) in [5.41, 5.74) is 0. The van der Waals surface area contributed by atoms with Gasteiger partial charge >= 0.3 is 5.97 Å². The number of hydrogen-bond acceptors (Lipinski definition) is 3. The second-order valence-electron chi connectivity index (χ2n) is 3.04. The van der Waals surface area contributed by atoms with Crippen LogP contribution in [-0.4, -0.2) is 27.8 Å². The van der Waals surface area contributed by atoms with Crippen molar-refractivity contribution < 1.29 is 19.7 Å². The van der Waals surface area contributed by atoms with Crippen LogP contribution in [0.1, 0.15) is 6.42 Å². The van der Waals surface area contributed by atoms with Gasteiger partial charge in [-0.3, -0.25) is 4.79 Å². The Hall–Kier alpha value is -0.810. The molecule has 0 aromatic heterocycles. The van der Waals surface area contributed by atoms with E-state index in [1.165, 1.54) is 13.2 Å². The first-order valence-corrected chi connectivity index (χ1v) is 4.83. The zero-order valence-electron chi connectivity index (χ0n) is 7.61. The Balaban J connectivity index is 2.83. The van der Waals surface area contributed by atoms with Gasteiger partial charge < -0.3 is 14.9 Å². The van der Waals surface area contributed by atoms with Crippen molar-refractivity contribution in [2.75, 3.05) is 7.11 Å². The molecule has 0 saturated carbocycles. The Morgan fingerprint density at radius 3 is 2.93 bits per heavy atom. The van der Waals surface area contributed by atoms with E-state index in [4.69, 9.17) is 9.84 Å². The Morgan fingerprint density at radius 1 is 1.79 bits per heavy atom. The summed E-state index contributed by atoms with van der Waals surface area (Å²) in [5.74, 6) is -0.935. The lowest BCUT2D eigenvalue weighted by Crippen LogP contribution is -2.31. The number of allylic oxidation sites excluding steroid dienone is 1. The van der Waals surface area contributed by atoms with Crippen LogP contribution < -0.4 is 0 Å². The third kappa shape index (κ3) is 2.59. The van der Waals surface area contributed by atoms with Gasteiger partial charge in [0.2, 0.25) is 0 Å². The molecule has 78 valence electrons. The maximum atomic E-state index is 10.5. The van der Waals surface area contributed by atoms with Crippen LogP contribution in [0.2, 0.25) is 0 Å². The minimum atomic E-state index is -1.30. The highest BCUT2D eigenvalue weighted by atomic mass is 79.9. The molecule has 14 heavy (non-hydrogen) atoms. The second-order valence-corrected chi connectivity index (χ2v) is 4.31. The SMILES string of the molecule is COC1=CC(CC(=O)O)C(O)(Br)C=C1. The van der Waals surface area contributed by atoms with E-state index >= 15 is 0 Å². The van der Waals surface area contributed by atoms with Gasteiger partial charge in [-0.15, -0.1) is 0 Å². The monoisotopic (exact) mass is 262 g/mol. The second kappa shape index (κ2) is 4.14. The zero-order valence-corrected chi connectivity index (χ0v) is 9.19. The topological polar surface area (TPSA) is 66.8 Å². The predicted octanol–water partition coefficient (Wildman–Crippen LogP) is 1.26. The Labute approximate surface area is 90.0 Å². The molecule has 0 spiro atoms. The molecule has 0 bridgehead atoms. The average molecular weight is 263 g/mol. The van der Waals surface area contributed by atoms with Crippen molar-refractivity contribution in [3.05, 3.63) is 24.0 Å². The number of hydrogen-bond donors (Lipinski definition) is 2. The first-order valence-electron chi connectivity index (χ1n) is 4.04. The Kier molecular flexibility index (Phi) is 3.34. The third-order valence-corrected chi connectivity index (χ3v) is 2.85. The fourth-order valence-corrected chi connectivity index (χ4v) is 1.65. The van der Waals surface area contributed by atoms with Gasteiger partial charge in [0.1, 0.15) is 10.3 Å². The van der Waals surface area contributed by atoms with Crippen LogP contribution in [-0.2, 0) is 9.53 Å². The summed E-state index contributed by atoms with van der Waals surface area (Å²) in [7, 11) is 1.49. The Bertz CT molecular complexity index is 293. The molecule has 1 aliphatic carbocycles. The molecule has 2 N–H and O–H groups in total. The summed E-state index contributed by atoms with van der Waals surface area (Å²) in [4.78, 5) is 10.5. The molecule has 2 atom stereocenters. The van der Waals surface area contributed by atoms with E-state index < -0.39 is 16.4 Å². The smallest absolute Gasteiger partial charge is 0.304 e. The van der Waals surface area contributed by atoms with E-state index in [1.807, 2.05) is 0 Å². The van der Waals surface area contributed by atoms with Gasteiger partial charge in [0.05, 0.1) is 13.5 Å². The van der Waals surface area contributed by atoms with E-state index in [9.17, 15) is 9.90 Å². The summed E-state index contributed by atoms with van der Waals surface area (Å²) in [6.45, 7) is 0. The molecule has 0 aromatic carbocycles. The molecule has 5 heteroatoms. The molecule has 1 rings (SSSR count). The number of halogens is 1. The summed E-state index contributed by atoms with van der Waals surface area (Å²) in [6.07, 6.45) is 4.49. The van der Waals surface area contributed by atoms with E-state index in [-0.39, 0.29) is 6.42 Å². The fourth-order valence-electron chi connectivity index (χ4n) is 1.22. The number of aliphatic carboxylic acids is 1. The van der Waals surface area contributed by atoms with Gasteiger partial charge in [0, 0.05) is 5.92 Å². The van der Waals surface area contributed by atoms with Crippen LogP contribution in [0.15, 0.2) is 24.0 Å². The number of carbonyl (C=O) groups is 1. The number of rotatable bonds is 3. The lowest BCUT2D eigenvalue weighted by atomic mass is 9.93. The summed E-state index contributed by atoms with van der Waals surface area (Å²) < 4.78 is 3.65. The molecule has 1 aliphatic rings. The molecule has 2 unspecified atom stereocenters. The molecular weight excluding hydrogens is 252 g/mol. The van der Waals surface area contributed by atoms with Gasteiger partial charge in [-0.05, 0) is 34.2 Å². The average Bonchev–Trinajstić information content (AvgIpc) is 2.08. The minimum absolute atomic E-state index is 0.154. The van der Waals surface area contributed by atoms with E-state index in [1.54, 1.807) is 12.2 Å². The first kappa shape index (κ1) is 11.3. The summed E-state index contributed by atoms with van der Waals surface area (Å²) in [5, 5.41) is 18.4. The van der Waals surface area contributed by atoms with Gasteiger partial charge in [-0.1, -0.05) is 0 Å². The normalized spacial score (nSPS) is 31.1. The maximum Gasteiger partial charge on any atom is 0.304 e. The van der Waals surface area contributed by atoms with E-state index in [0.717, 1.165) is 0 Å². The molecule has 0 heterocycles.